The van der Waals surface area contributed by atoms with Crippen LogP contribution in [0.15, 0.2) is 73.1 Å². The predicted molar refractivity (Wildman–Crippen MR) is 147 cm³/mol. The molecule has 5 rings (SSSR count). The molecule has 3 heterocycles. The maximum absolute atomic E-state index is 13.1. The molecule has 1 unspecified atom stereocenters. The lowest BCUT2D eigenvalue weighted by molar-refractivity contribution is 0.160. The van der Waals surface area contributed by atoms with E-state index in [1.807, 2.05) is 30.3 Å². The molecule has 8 nitrogen and oxygen atoms in total. The number of nitrogens with one attached hydrogen (secondary N) is 1. The van der Waals surface area contributed by atoms with E-state index in [0.29, 0.717) is 34.7 Å². The smallest absolute Gasteiger partial charge is 0.317 e. The Hall–Kier alpha value is -3.86. The average Bonchev–Trinajstić information content (AvgIpc) is 3.55. The summed E-state index contributed by atoms with van der Waals surface area (Å²) in [5.74, 6) is -0.913. The number of aromatic nitrogens is 3. The number of primary amides is 1. The van der Waals surface area contributed by atoms with Crippen LogP contribution in [-0.2, 0) is 4.74 Å². The lowest BCUT2D eigenvalue weighted by Gasteiger charge is -2.15. The number of carbonyl (C=O) groups is 1. The van der Waals surface area contributed by atoms with E-state index in [9.17, 15) is 13.6 Å². The van der Waals surface area contributed by atoms with Gasteiger partial charge in [0.05, 0.1) is 18.5 Å². The van der Waals surface area contributed by atoms with Crippen molar-refractivity contribution in [3.05, 3.63) is 95.3 Å². The van der Waals surface area contributed by atoms with Crippen LogP contribution in [0.5, 0.6) is 0 Å². The van der Waals surface area contributed by atoms with E-state index < -0.39 is 17.7 Å². The third kappa shape index (κ3) is 7.17. The van der Waals surface area contributed by atoms with E-state index in [4.69, 9.17) is 22.1 Å². The van der Waals surface area contributed by atoms with Crippen LogP contribution >= 0.6 is 11.6 Å². The molecule has 3 N–H and O–H groups in total. The highest BCUT2D eigenvalue weighted by atomic mass is 35.5. The van der Waals surface area contributed by atoms with E-state index in [0.717, 1.165) is 37.2 Å². The first-order valence-corrected chi connectivity index (χ1v) is 12.7. The van der Waals surface area contributed by atoms with Gasteiger partial charge in [-0.05, 0) is 48.7 Å². The van der Waals surface area contributed by atoms with Gasteiger partial charge in [-0.1, -0.05) is 48.0 Å². The van der Waals surface area contributed by atoms with Crippen molar-refractivity contribution in [1.82, 2.24) is 19.7 Å². The van der Waals surface area contributed by atoms with Crippen LogP contribution in [0.1, 0.15) is 17.9 Å². The third-order valence-electron chi connectivity index (χ3n) is 6.31. The number of ether oxygens (including phenoxy) is 1. The number of hydrogen-bond donors (Lipinski definition) is 2. The molecule has 2 aromatic heterocycles. The second-order valence-corrected chi connectivity index (χ2v) is 9.32. The number of pyridine rings is 1. The normalized spacial score (nSPS) is 15.0. The lowest BCUT2D eigenvalue weighted by Crippen LogP contribution is -2.24. The number of nitrogens with zero attached hydrogens (tertiary/aromatic N) is 4. The Labute approximate surface area is 230 Å². The van der Waals surface area contributed by atoms with Crippen molar-refractivity contribution in [1.29, 1.82) is 0 Å². The zero-order valence-corrected chi connectivity index (χ0v) is 22.1. The Morgan fingerprint density at radius 1 is 1.15 bits per heavy atom. The van der Waals surface area contributed by atoms with E-state index in [1.165, 1.54) is 16.8 Å². The van der Waals surface area contributed by atoms with Gasteiger partial charge in [0, 0.05) is 32.0 Å². The first-order valence-electron chi connectivity index (χ1n) is 12.3. The third-order valence-corrected chi connectivity index (χ3v) is 6.66. The Balaban J connectivity index is 0.000000187. The van der Waals surface area contributed by atoms with Crippen LogP contribution in [0.2, 0.25) is 5.02 Å². The Bertz CT molecular complexity index is 1390. The van der Waals surface area contributed by atoms with Gasteiger partial charge in [0.15, 0.2) is 17.5 Å². The fraction of sp³-hybridized carbons (Fsp3) is 0.250. The SMILES string of the molecule is COCCN1CCC(c2ccc(F)c(F)c2)C1.NC(=O)Nc1c(Cl)c(-c2ccccc2)nn1-c1cccnc1. The molecule has 11 heteroatoms. The molecular weight excluding hydrogens is 526 g/mol. The molecule has 1 aliphatic rings. The first kappa shape index (κ1) is 28.2. The summed E-state index contributed by atoms with van der Waals surface area (Å²) in [5, 5.41) is 7.30. The minimum atomic E-state index is -0.775. The summed E-state index contributed by atoms with van der Waals surface area (Å²) in [6, 6.07) is 16.5. The molecule has 0 radical (unpaired) electrons. The summed E-state index contributed by atoms with van der Waals surface area (Å²) in [6.07, 6.45) is 4.26. The number of anilines is 1. The quantitative estimate of drug-likeness (QED) is 0.315. The zero-order valence-electron chi connectivity index (χ0n) is 21.4. The van der Waals surface area contributed by atoms with Crippen molar-refractivity contribution in [2.45, 2.75) is 12.3 Å². The van der Waals surface area contributed by atoms with Crippen LogP contribution in [0, 0.1) is 11.6 Å². The van der Waals surface area contributed by atoms with E-state index >= 15 is 0 Å². The molecule has 1 atom stereocenters. The number of rotatable bonds is 7. The number of methoxy groups -OCH3 is 1. The summed E-state index contributed by atoms with van der Waals surface area (Å²) in [4.78, 5) is 17.6. The summed E-state index contributed by atoms with van der Waals surface area (Å²) in [6.45, 7) is 3.50. The van der Waals surface area contributed by atoms with Gasteiger partial charge in [0.25, 0.3) is 0 Å². The second kappa shape index (κ2) is 13.3. The molecule has 0 bridgehead atoms. The Morgan fingerprint density at radius 2 is 1.95 bits per heavy atom. The molecule has 4 aromatic rings. The molecular formula is C28H29ClF2N6O2. The summed E-state index contributed by atoms with van der Waals surface area (Å²) in [5.41, 5.74) is 8.16. The topological polar surface area (TPSA) is 98.3 Å². The monoisotopic (exact) mass is 554 g/mol. The predicted octanol–water partition coefficient (Wildman–Crippen LogP) is 5.48. The molecule has 0 saturated carbocycles. The van der Waals surface area contributed by atoms with E-state index in [2.05, 4.69) is 20.3 Å². The molecule has 2 aromatic carbocycles. The van der Waals surface area contributed by atoms with Gasteiger partial charge in [-0.2, -0.15) is 5.10 Å². The molecule has 2 amide bonds. The maximum atomic E-state index is 13.1. The van der Waals surface area contributed by atoms with Crippen LogP contribution in [0.3, 0.4) is 0 Å². The van der Waals surface area contributed by atoms with Crippen LogP contribution in [0.25, 0.3) is 16.9 Å². The van der Waals surface area contributed by atoms with Crippen LogP contribution in [-0.4, -0.2) is 59.0 Å². The number of carbonyl (C=O) groups excluding carboxylic acids is 1. The molecule has 1 saturated heterocycles. The van der Waals surface area contributed by atoms with Gasteiger partial charge < -0.3 is 15.4 Å². The van der Waals surface area contributed by atoms with Crippen molar-refractivity contribution in [2.75, 3.05) is 38.7 Å². The Morgan fingerprint density at radius 3 is 2.62 bits per heavy atom. The van der Waals surface area contributed by atoms with Crippen molar-refractivity contribution >= 4 is 23.4 Å². The molecule has 1 fully saturated rings. The highest BCUT2D eigenvalue weighted by Crippen LogP contribution is 2.35. The summed E-state index contributed by atoms with van der Waals surface area (Å²) in [7, 11) is 1.68. The summed E-state index contributed by atoms with van der Waals surface area (Å²) < 4.78 is 32.5. The number of nitrogens with two attached hydrogens (primary N) is 1. The van der Waals surface area contributed by atoms with E-state index in [1.54, 1.807) is 37.7 Å². The first-order chi connectivity index (χ1) is 18.9. The van der Waals surface area contributed by atoms with Gasteiger partial charge in [-0.25, -0.2) is 18.3 Å². The molecule has 0 aliphatic carbocycles. The van der Waals surface area contributed by atoms with Gasteiger partial charge >= 0.3 is 6.03 Å². The number of benzene rings is 2. The Kier molecular flexibility index (Phi) is 9.59. The minimum absolute atomic E-state index is 0.306. The van der Waals surface area contributed by atoms with Gasteiger partial charge in [0.1, 0.15) is 10.7 Å². The van der Waals surface area contributed by atoms with Gasteiger partial charge in [0.2, 0.25) is 0 Å². The zero-order chi connectivity index (χ0) is 27.8. The molecule has 39 heavy (non-hydrogen) atoms. The van der Waals surface area contributed by atoms with E-state index in [-0.39, 0.29) is 0 Å². The fourth-order valence-corrected chi connectivity index (χ4v) is 4.64. The van der Waals surface area contributed by atoms with Crippen molar-refractivity contribution < 1.29 is 18.3 Å². The highest BCUT2D eigenvalue weighted by molar-refractivity contribution is 6.36. The number of hydrogen-bond acceptors (Lipinski definition) is 5. The van der Waals surface area contributed by atoms with Gasteiger partial charge in [-0.15, -0.1) is 0 Å². The largest absolute Gasteiger partial charge is 0.383 e. The number of likely N-dealkylation sites (tertiary alicyclic amines) is 1. The van der Waals surface area contributed by atoms with Crippen LogP contribution in [0.4, 0.5) is 19.4 Å². The minimum Gasteiger partial charge on any atom is -0.383 e. The molecule has 204 valence electrons. The molecule has 1 aliphatic heterocycles. The lowest BCUT2D eigenvalue weighted by atomic mass is 9.98. The van der Waals surface area contributed by atoms with Crippen molar-refractivity contribution in [2.24, 2.45) is 5.73 Å². The number of urea groups is 1. The highest BCUT2D eigenvalue weighted by Gasteiger charge is 2.24. The maximum Gasteiger partial charge on any atom is 0.317 e. The summed E-state index contributed by atoms with van der Waals surface area (Å²) >= 11 is 6.38. The fourth-order valence-electron chi connectivity index (χ4n) is 4.36. The number of halogens is 3. The van der Waals surface area contributed by atoms with Crippen LogP contribution < -0.4 is 11.1 Å². The molecule has 0 spiro atoms. The number of amides is 2. The second-order valence-electron chi connectivity index (χ2n) is 8.94. The van der Waals surface area contributed by atoms with Crippen molar-refractivity contribution in [3.8, 4) is 16.9 Å². The standard InChI is InChI=1S/C15H12ClN5O.C13H17F2NO/c16-12-13(10-5-2-1-3-6-10)20-21(14(12)19-15(17)22)11-7-4-8-18-9-11;1-17-7-6-16-5-4-11(9-16)10-2-3-12(14)13(15)8-10/h1-9H,(H3,17,19,22);2-3,8,11H,4-7,9H2,1H3. The van der Waals surface area contributed by atoms with Gasteiger partial charge in [-0.3, -0.25) is 10.3 Å². The average molecular weight is 555 g/mol. The van der Waals surface area contributed by atoms with Crippen molar-refractivity contribution in [3.63, 3.8) is 0 Å².